The van der Waals surface area contributed by atoms with Crippen LogP contribution in [0.2, 0.25) is 0 Å². The maximum atomic E-state index is 11.2. The van der Waals surface area contributed by atoms with Gasteiger partial charge in [0.2, 0.25) is 0 Å². The lowest BCUT2D eigenvalue weighted by Gasteiger charge is -2.01. The zero-order valence-electron chi connectivity index (χ0n) is 7.74. The van der Waals surface area contributed by atoms with Gasteiger partial charge in [0.05, 0.1) is 12.7 Å². The second-order valence-corrected chi connectivity index (χ2v) is 3.92. The van der Waals surface area contributed by atoms with Crippen molar-refractivity contribution >= 4 is 17.6 Å². The molecule has 2 atom stereocenters. The Kier molecular flexibility index (Phi) is 2.42. The first kappa shape index (κ1) is 9.46. The summed E-state index contributed by atoms with van der Waals surface area (Å²) in [5.41, 5.74) is 1.51. The Balaban J connectivity index is 2.23. The van der Waals surface area contributed by atoms with Crippen molar-refractivity contribution in [2.24, 2.45) is 0 Å². The maximum Gasteiger partial charge on any atom is 0.339 e. The van der Waals surface area contributed by atoms with E-state index in [1.165, 1.54) is 13.3 Å². The molecule has 14 heavy (non-hydrogen) atoms. The van der Waals surface area contributed by atoms with Crippen molar-refractivity contribution in [1.82, 2.24) is 4.98 Å². The van der Waals surface area contributed by atoms with E-state index >= 15 is 0 Å². The molecule has 4 heteroatoms. The van der Waals surface area contributed by atoms with E-state index < -0.39 is 0 Å². The predicted octanol–water partition coefficient (Wildman–Crippen LogP) is 1.96. The molecule has 3 nitrogen and oxygen atoms in total. The Morgan fingerprint density at radius 2 is 2.36 bits per heavy atom. The van der Waals surface area contributed by atoms with Gasteiger partial charge in [0.15, 0.2) is 0 Å². The van der Waals surface area contributed by atoms with Crippen LogP contribution in [-0.2, 0) is 4.74 Å². The quantitative estimate of drug-likeness (QED) is 0.555. The summed E-state index contributed by atoms with van der Waals surface area (Å²) in [6, 6.07) is 1.80. The second kappa shape index (κ2) is 3.58. The molecule has 0 N–H and O–H groups in total. The van der Waals surface area contributed by atoms with Crippen LogP contribution in [-0.4, -0.2) is 23.4 Å². The standard InChI is InChI=1S/C10H10ClNO2/c1-14-10(13)7-2-6(4-12-5-7)8-3-9(8)11/h2,4-5,8-9H,3H2,1H3. The topological polar surface area (TPSA) is 39.2 Å². The minimum Gasteiger partial charge on any atom is -0.465 e. The van der Waals surface area contributed by atoms with Crippen LogP contribution in [0, 0.1) is 0 Å². The molecule has 0 radical (unpaired) electrons. The zero-order chi connectivity index (χ0) is 10.1. The first-order chi connectivity index (χ1) is 6.72. The normalized spacial score (nSPS) is 24.4. The molecule has 1 heterocycles. The van der Waals surface area contributed by atoms with E-state index in [4.69, 9.17) is 11.6 Å². The summed E-state index contributed by atoms with van der Waals surface area (Å²) in [4.78, 5) is 15.2. The van der Waals surface area contributed by atoms with Crippen LogP contribution in [0.25, 0.3) is 0 Å². The van der Waals surface area contributed by atoms with Crippen molar-refractivity contribution in [3.05, 3.63) is 29.6 Å². The number of rotatable bonds is 2. The molecule has 0 aliphatic heterocycles. The summed E-state index contributed by atoms with van der Waals surface area (Å²) in [5.74, 6) is -0.0000970. The SMILES string of the molecule is COC(=O)c1cncc(C2CC2Cl)c1. The van der Waals surface area contributed by atoms with Gasteiger partial charge < -0.3 is 4.74 Å². The van der Waals surface area contributed by atoms with Crippen molar-refractivity contribution in [3.63, 3.8) is 0 Å². The second-order valence-electron chi connectivity index (χ2n) is 3.36. The first-order valence-electron chi connectivity index (χ1n) is 4.39. The van der Waals surface area contributed by atoms with E-state index in [9.17, 15) is 4.79 Å². The number of hydrogen-bond acceptors (Lipinski definition) is 3. The van der Waals surface area contributed by atoms with Crippen LogP contribution >= 0.6 is 11.6 Å². The number of aromatic nitrogens is 1. The molecule has 1 fully saturated rings. The summed E-state index contributed by atoms with van der Waals surface area (Å²) in [7, 11) is 1.36. The Labute approximate surface area is 87.0 Å². The van der Waals surface area contributed by atoms with E-state index in [-0.39, 0.29) is 11.3 Å². The molecule has 1 aliphatic rings. The Bertz CT molecular complexity index is 367. The van der Waals surface area contributed by atoms with Crippen LogP contribution in [0.1, 0.15) is 28.3 Å². The van der Waals surface area contributed by atoms with E-state index in [0.29, 0.717) is 11.5 Å². The first-order valence-corrected chi connectivity index (χ1v) is 4.83. The Hall–Kier alpha value is -1.09. The number of pyridine rings is 1. The lowest BCUT2D eigenvalue weighted by atomic mass is 10.1. The number of hydrogen-bond donors (Lipinski definition) is 0. The summed E-state index contributed by atoms with van der Waals surface area (Å²) in [6.45, 7) is 0. The number of nitrogens with zero attached hydrogens (tertiary/aromatic N) is 1. The molecule has 0 spiro atoms. The molecule has 2 rings (SSSR count). The monoisotopic (exact) mass is 211 g/mol. The highest BCUT2D eigenvalue weighted by Gasteiger charge is 2.37. The summed E-state index contributed by atoms with van der Waals surface area (Å²) in [6.07, 6.45) is 4.22. The third-order valence-electron chi connectivity index (χ3n) is 2.32. The minimum absolute atomic E-state index is 0.199. The van der Waals surface area contributed by atoms with E-state index in [1.807, 2.05) is 0 Å². The molecule has 74 valence electrons. The number of carbonyl (C=O) groups excluding carboxylic acids is 1. The van der Waals surface area contributed by atoms with E-state index in [1.54, 1.807) is 12.3 Å². The fourth-order valence-corrected chi connectivity index (χ4v) is 1.74. The molecule has 0 amide bonds. The molecule has 1 aliphatic carbocycles. The molecule has 1 aromatic rings. The highest BCUT2D eigenvalue weighted by Crippen LogP contribution is 2.44. The number of carbonyl (C=O) groups is 1. The van der Waals surface area contributed by atoms with Crippen molar-refractivity contribution in [2.45, 2.75) is 17.7 Å². The molecule has 0 bridgehead atoms. The average Bonchev–Trinajstić information content (AvgIpc) is 2.95. The van der Waals surface area contributed by atoms with Gasteiger partial charge in [0, 0.05) is 23.7 Å². The fourth-order valence-electron chi connectivity index (χ4n) is 1.40. The summed E-state index contributed by atoms with van der Waals surface area (Å²) >= 11 is 5.91. The molecule has 0 aromatic carbocycles. The zero-order valence-corrected chi connectivity index (χ0v) is 8.49. The summed E-state index contributed by atoms with van der Waals surface area (Å²) in [5, 5.41) is 0.199. The minimum atomic E-state index is -0.355. The number of esters is 1. The van der Waals surface area contributed by atoms with Gasteiger partial charge in [-0.1, -0.05) is 0 Å². The van der Waals surface area contributed by atoms with Crippen LogP contribution in [0.4, 0.5) is 0 Å². The number of ether oxygens (including phenoxy) is 1. The Morgan fingerprint density at radius 1 is 1.64 bits per heavy atom. The molecule has 1 aromatic heterocycles. The number of alkyl halides is 1. The smallest absolute Gasteiger partial charge is 0.339 e. The summed E-state index contributed by atoms with van der Waals surface area (Å²) < 4.78 is 4.61. The molecular formula is C10H10ClNO2. The maximum absolute atomic E-state index is 11.2. The van der Waals surface area contributed by atoms with Crippen LogP contribution in [0.15, 0.2) is 18.5 Å². The van der Waals surface area contributed by atoms with Crippen LogP contribution in [0.3, 0.4) is 0 Å². The van der Waals surface area contributed by atoms with Gasteiger partial charge in [0.1, 0.15) is 0 Å². The highest BCUT2D eigenvalue weighted by molar-refractivity contribution is 6.23. The average molecular weight is 212 g/mol. The fraction of sp³-hybridized carbons (Fsp3) is 0.400. The van der Waals surface area contributed by atoms with Gasteiger partial charge in [-0.2, -0.15) is 0 Å². The van der Waals surface area contributed by atoms with E-state index in [0.717, 1.165) is 12.0 Å². The lowest BCUT2D eigenvalue weighted by molar-refractivity contribution is 0.0600. The van der Waals surface area contributed by atoms with Crippen LogP contribution in [0.5, 0.6) is 0 Å². The van der Waals surface area contributed by atoms with Crippen molar-refractivity contribution in [3.8, 4) is 0 Å². The molecular weight excluding hydrogens is 202 g/mol. The van der Waals surface area contributed by atoms with Gasteiger partial charge >= 0.3 is 5.97 Å². The van der Waals surface area contributed by atoms with Crippen LogP contribution < -0.4 is 0 Å². The van der Waals surface area contributed by atoms with Gasteiger partial charge in [-0.3, -0.25) is 4.98 Å². The third-order valence-corrected chi connectivity index (χ3v) is 2.80. The molecule has 2 unspecified atom stereocenters. The largest absolute Gasteiger partial charge is 0.465 e. The predicted molar refractivity (Wildman–Crippen MR) is 52.6 cm³/mol. The van der Waals surface area contributed by atoms with Gasteiger partial charge in [-0.25, -0.2) is 4.79 Å². The van der Waals surface area contributed by atoms with E-state index in [2.05, 4.69) is 9.72 Å². The van der Waals surface area contributed by atoms with Crippen molar-refractivity contribution in [2.75, 3.05) is 7.11 Å². The van der Waals surface area contributed by atoms with Gasteiger partial charge in [0.25, 0.3) is 0 Å². The van der Waals surface area contributed by atoms with Gasteiger partial charge in [-0.15, -0.1) is 11.6 Å². The molecule has 1 saturated carbocycles. The Morgan fingerprint density at radius 3 is 2.93 bits per heavy atom. The van der Waals surface area contributed by atoms with Crippen molar-refractivity contribution < 1.29 is 9.53 Å². The molecule has 0 saturated heterocycles. The number of halogens is 1. The van der Waals surface area contributed by atoms with Crippen molar-refractivity contribution in [1.29, 1.82) is 0 Å². The number of methoxy groups -OCH3 is 1. The lowest BCUT2D eigenvalue weighted by Crippen LogP contribution is -2.02. The van der Waals surface area contributed by atoms with Gasteiger partial charge in [-0.05, 0) is 18.1 Å². The highest BCUT2D eigenvalue weighted by atomic mass is 35.5. The third kappa shape index (κ3) is 1.73.